The first-order valence-electron chi connectivity index (χ1n) is 7.66. The first-order valence-corrected chi connectivity index (χ1v) is 8.54. The Bertz CT molecular complexity index is 403. The van der Waals surface area contributed by atoms with Gasteiger partial charge >= 0.3 is 0 Å². The van der Waals surface area contributed by atoms with Crippen LogP contribution < -0.4 is 5.32 Å². The van der Waals surface area contributed by atoms with Crippen molar-refractivity contribution in [3.05, 3.63) is 21.9 Å². The SMILES string of the molecule is Cc1sccc1C1CC(C)(C)CCC1CNC(C)C. The predicted octanol–water partition coefficient (Wildman–Crippen LogP) is 4.96. The van der Waals surface area contributed by atoms with Crippen molar-refractivity contribution >= 4 is 11.3 Å². The molecule has 1 nitrogen and oxygen atoms in total. The van der Waals surface area contributed by atoms with Gasteiger partial charge in [-0.2, -0.15) is 0 Å². The zero-order valence-corrected chi connectivity index (χ0v) is 13.9. The number of hydrogen-bond acceptors (Lipinski definition) is 2. The number of nitrogens with one attached hydrogen (secondary N) is 1. The van der Waals surface area contributed by atoms with Crippen molar-refractivity contribution < 1.29 is 0 Å². The van der Waals surface area contributed by atoms with Crippen molar-refractivity contribution in [2.45, 2.75) is 65.8 Å². The van der Waals surface area contributed by atoms with Gasteiger partial charge in [0.1, 0.15) is 0 Å². The minimum absolute atomic E-state index is 0.507. The molecule has 0 saturated heterocycles. The van der Waals surface area contributed by atoms with Gasteiger partial charge in [-0.3, -0.25) is 0 Å². The number of rotatable bonds is 4. The third kappa shape index (κ3) is 3.82. The third-order valence-corrected chi connectivity index (χ3v) is 5.48. The smallest absolute Gasteiger partial charge is 0.00491 e. The lowest BCUT2D eigenvalue weighted by molar-refractivity contribution is 0.158. The van der Waals surface area contributed by atoms with Crippen LogP contribution in [0.4, 0.5) is 0 Å². The lowest BCUT2D eigenvalue weighted by Gasteiger charge is -2.41. The summed E-state index contributed by atoms with van der Waals surface area (Å²) in [6, 6.07) is 2.97. The molecule has 2 unspecified atom stereocenters. The maximum absolute atomic E-state index is 3.66. The fourth-order valence-electron chi connectivity index (χ4n) is 3.42. The molecular weight excluding hydrogens is 250 g/mol. The minimum atomic E-state index is 0.507. The van der Waals surface area contributed by atoms with E-state index in [1.54, 1.807) is 5.56 Å². The molecule has 19 heavy (non-hydrogen) atoms. The largest absolute Gasteiger partial charge is 0.314 e. The monoisotopic (exact) mass is 279 g/mol. The summed E-state index contributed by atoms with van der Waals surface area (Å²) < 4.78 is 0. The lowest BCUT2D eigenvalue weighted by Crippen LogP contribution is -2.37. The molecule has 0 aromatic carbocycles. The molecule has 1 aromatic rings. The van der Waals surface area contributed by atoms with Crippen LogP contribution in [0.2, 0.25) is 0 Å². The quantitative estimate of drug-likeness (QED) is 0.821. The molecule has 1 saturated carbocycles. The van der Waals surface area contributed by atoms with E-state index < -0.39 is 0 Å². The number of aryl methyl sites for hydroxylation is 1. The van der Waals surface area contributed by atoms with Crippen LogP contribution in [0.15, 0.2) is 11.4 Å². The van der Waals surface area contributed by atoms with Crippen LogP contribution in [0.25, 0.3) is 0 Å². The first kappa shape index (κ1) is 15.1. The van der Waals surface area contributed by atoms with Gasteiger partial charge in [-0.15, -0.1) is 11.3 Å². The molecule has 1 N–H and O–H groups in total. The normalized spacial score (nSPS) is 26.8. The fraction of sp³-hybridized carbons (Fsp3) is 0.765. The topological polar surface area (TPSA) is 12.0 Å². The zero-order valence-electron chi connectivity index (χ0n) is 13.1. The van der Waals surface area contributed by atoms with Crippen molar-refractivity contribution in [3.8, 4) is 0 Å². The van der Waals surface area contributed by atoms with Gasteiger partial charge in [-0.25, -0.2) is 0 Å². The van der Waals surface area contributed by atoms with E-state index >= 15 is 0 Å². The van der Waals surface area contributed by atoms with Gasteiger partial charge in [-0.05, 0) is 67.0 Å². The van der Waals surface area contributed by atoms with Crippen molar-refractivity contribution in [2.24, 2.45) is 11.3 Å². The molecule has 1 heterocycles. The van der Waals surface area contributed by atoms with Crippen LogP contribution in [-0.4, -0.2) is 12.6 Å². The molecule has 108 valence electrons. The summed E-state index contributed by atoms with van der Waals surface area (Å²) in [6.07, 6.45) is 4.08. The molecule has 0 bridgehead atoms. The summed E-state index contributed by atoms with van der Waals surface area (Å²) in [6.45, 7) is 12.8. The number of thiophene rings is 1. The van der Waals surface area contributed by atoms with Gasteiger partial charge < -0.3 is 5.32 Å². The molecule has 0 spiro atoms. The maximum Gasteiger partial charge on any atom is 0.00491 e. The van der Waals surface area contributed by atoms with Gasteiger partial charge in [0.15, 0.2) is 0 Å². The van der Waals surface area contributed by atoms with E-state index in [0.29, 0.717) is 11.5 Å². The van der Waals surface area contributed by atoms with Crippen LogP contribution >= 0.6 is 11.3 Å². The Kier molecular flexibility index (Phi) is 4.73. The second kappa shape index (κ2) is 5.97. The molecule has 0 aliphatic heterocycles. The van der Waals surface area contributed by atoms with Gasteiger partial charge in [0.05, 0.1) is 0 Å². The second-order valence-corrected chi connectivity index (χ2v) is 8.39. The van der Waals surface area contributed by atoms with E-state index in [1.807, 2.05) is 11.3 Å². The first-order chi connectivity index (χ1) is 8.89. The Hall–Kier alpha value is -0.340. The van der Waals surface area contributed by atoms with E-state index in [4.69, 9.17) is 0 Å². The van der Waals surface area contributed by atoms with Crippen molar-refractivity contribution in [2.75, 3.05) is 6.54 Å². The van der Waals surface area contributed by atoms with E-state index in [1.165, 1.54) is 30.7 Å². The highest BCUT2D eigenvalue weighted by Gasteiger charge is 2.36. The van der Waals surface area contributed by atoms with Crippen LogP contribution in [0, 0.1) is 18.3 Å². The van der Waals surface area contributed by atoms with Crippen LogP contribution in [-0.2, 0) is 0 Å². The highest BCUT2D eigenvalue weighted by molar-refractivity contribution is 7.10. The number of hydrogen-bond donors (Lipinski definition) is 1. The molecule has 1 aliphatic rings. The molecule has 2 heteroatoms. The molecule has 0 radical (unpaired) electrons. The summed E-state index contributed by atoms with van der Waals surface area (Å²) in [5.41, 5.74) is 2.13. The fourth-order valence-corrected chi connectivity index (χ4v) is 4.19. The standard InChI is InChI=1S/C17H29NS/c1-12(2)18-11-14-6-8-17(4,5)10-16(14)15-7-9-19-13(15)3/h7,9,12,14,16,18H,6,8,10-11H2,1-5H3. The Balaban J connectivity index is 2.14. The van der Waals surface area contributed by atoms with Crippen molar-refractivity contribution in [1.82, 2.24) is 5.32 Å². The molecule has 1 aromatic heterocycles. The molecule has 2 rings (SSSR count). The van der Waals surface area contributed by atoms with Crippen molar-refractivity contribution in [1.29, 1.82) is 0 Å². The Morgan fingerprint density at radius 3 is 2.74 bits per heavy atom. The molecule has 0 amide bonds. The van der Waals surface area contributed by atoms with Gasteiger partial charge in [0, 0.05) is 10.9 Å². The average molecular weight is 279 g/mol. The van der Waals surface area contributed by atoms with E-state index in [-0.39, 0.29) is 0 Å². The van der Waals surface area contributed by atoms with Crippen molar-refractivity contribution in [3.63, 3.8) is 0 Å². The molecule has 1 fully saturated rings. The highest BCUT2D eigenvalue weighted by atomic mass is 32.1. The predicted molar refractivity (Wildman–Crippen MR) is 86.1 cm³/mol. The van der Waals surface area contributed by atoms with Gasteiger partial charge in [0.25, 0.3) is 0 Å². The summed E-state index contributed by atoms with van der Waals surface area (Å²) in [5, 5.41) is 5.92. The minimum Gasteiger partial charge on any atom is -0.314 e. The van der Waals surface area contributed by atoms with Crippen LogP contribution in [0.3, 0.4) is 0 Å². The molecule has 2 atom stereocenters. The summed E-state index contributed by atoms with van der Waals surface area (Å²) in [7, 11) is 0. The zero-order chi connectivity index (χ0) is 14.0. The summed E-state index contributed by atoms with van der Waals surface area (Å²) >= 11 is 1.90. The Morgan fingerprint density at radius 1 is 1.42 bits per heavy atom. The average Bonchev–Trinajstić information content (AvgIpc) is 2.72. The Labute approximate surface area is 122 Å². The van der Waals surface area contributed by atoms with E-state index in [2.05, 4.69) is 51.4 Å². The van der Waals surface area contributed by atoms with Gasteiger partial charge in [-0.1, -0.05) is 27.7 Å². The summed E-state index contributed by atoms with van der Waals surface area (Å²) in [5.74, 6) is 1.56. The lowest BCUT2D eigenvalue weighted by atomic mass is 9.65. The second-order valence-electron chi connectivity index (χ2n) is 7.27. The van der Waals surface area contributed by atoms with E-state index in [0.717, 1.165) is 11.8 Å². The highest BCUT2D eigenvalue weighted by Crippen LogP contribution is 2.47. The summed E-state index contributed by atoms with van der Waals surface area (Å²) in [4.78, 5) is 1.53. The van der Waals surface area contributed by atoms with Crippen LogP contribution in [0.5, 0.6) is 0 Å². The molecular formula is C17H29NS. The Morgan fingerprint density at radius 2 is 2.16 bits per heavy atom. The van der Waals surface area contributed by atoms with Gasteiger partial charge in [0.2, 0.25) is 0 Å². The van der Waals surface area contributed by atoms with E-state index in [9.17, 15) is 0 Å². The van der Waals surface area contributed by atoms with Crippen LogP contribution in [0.1, 0.15) is 63.3 Å². The molecule has 1 aliphatic carbocycles. The maximum atomic E-state index is 3.66. The third-order valence-electron chi connectivity index (χ3n) is 4.62.